The molecule has 3 N–H and O–H groups in total. The fourth-order valence-electron chi connectivity index (χ4n) is 1.64. The maximum absolute atomic E-state index is 12.2. The van der Waals surface area contributed by atoms with Crippen LogP contribution in [0, 0.1) is 0 Å². The molecule has 0 amide bonds. The molecule has 0 fully saturated rings. The Morgan fingerprint density at radius 2 is 2.14 bits per heavy atom. The van der Waals surface area contributed by atoms with Gasteiger partial charge in [-0.25, -0.2) is 13.1 Å². The van der Waals surface area contributed by atoms with Crippen molar-refractivity contribution in [3.05, 3.63) is 11.8 Å². The highest BCUT2D eigenvalue weighted by molar-refractivity contribution is 7.89. The number of nitrogens with one attached hydrogen (secondary N) is 3. The van der Waals surface area contributed by atoms with Crippen LogP contribution in [-0.4, -0.2) is 44.4 Å². The van der Waals surface area contributed by atoms with Gasteiger partial charge in [-0.1, -0.05) is 27.2 Å². The zero-order valence-corrected chi connectivity index (χ0v) is 13.8. The molecular weight excluding hydrogens is 292 g/mol. The molecule has 0 aliphatic heterocycles. The van der Waals surface area contributed by atoms with Gasteiger partial charge in [-0.05, 0) is 6.42 Å². The molecule has 1 rings (SSSR count). The van der Waals surface area contributed by atoms with Gasteiger partial charge in [-0.3, -0.25) is 5.10 Å². The van der Waals surface area contributed by atoms with Gasteiger partial charge in [0.05, 0.1) is 12.8 Å². The molecule has 0 saturated carbocycles. The number of hydrogen-bond acceptors (Lipinski definition) is 5. The lowest BCUT2D eigenvalue weighted by molar-refractivity contribution is 0.136. The number of sulfonamides is 1. The fourth-order valence-corrected chi connectivity index (χ4v) is 2.78. The number of aromatic nitrogens is 2. The zero-order chi connectivity index (χ0) is 15.7. The summed E-state index contributed by atoms with van der Waals surface area (Å²) in [6.07, 6.45) is 3.58. The molecule has 122 valence electrons. The van der Waals surface area contributed by atoms with Crippen molar-refractivity contribution in [1.29, 1.82) is 0 Å². The average Bonchev–Trinajstić information content (AvgIpc) is 2.89. The predicted molar refractivity (Wildman–Crippen MR) is 81.5 cm³/mol. The minimum atomic E-state index is -3.58. The number of hydrogen-bond donors (Lipinski definition) is 3. The van der Waals surface area contributed by atoms with Crippen LogP contribution in [0.25, 0.3) is 0 Å². The second kappa shape index (κ2) is 9.14. The average molecular weight is 318 g/mol. The van der Waals surface area contributed by atoms with Crippen molar-refractivity contribution in [3.8, 4) is 0 Å². The maximum Gasteiger partial charge on any atom is 0.257 e. The molecule has 0 radical (unpaired) electrons. The number of H-pyrrole nitrogens is 1. The molecule has 1 aromatic heterocycles. The highest BCUT2D eigenvalue weighted by Gasteiger charge is 2.20. The van der Waals surface area contributed by atoms with E-state index < -0.39 is 10.0 Å². The van der Waals surface area contributed by atoms with Crippen LogP contribution in [0.4, 0.5) is 0 Å². The molecule has 1 aromatic rings. The van der Waals surface area contributed by atoms with Crippen LogP contribution >= 0.6 is 0 Å². The van der Waals surface area contributed by atoms with Crippen molar-refractivity contribution in [2.24, 2.45) is 0 Å². The summed E-state index contributed by atoms with van der Waals surface area (Å²) in [5, 5.41) is 9.66. The molecule has 0 saturated heterocycles. The number of ether oxygens (including phenoxy) is 1. The monoisotopic (exact) mass is 318 g/mol. The predicted octanol–water partition coefficient (Wildman–Crippen LogP) is 1.00. The number of unbranched alkanes of at least 4 members (excludes halogenated alkanes) is 1. The highest BCUT2D eigenvalue weighted by atomic mass is 32.2. The summed E-state index contributed by atoms with van der Waals surface area (Å²) in [7, 11) is -3.58. The SMILES string of the molecule is CCCCOCCNS(=O)(=O)c1[nH]ncc1CNC(C)C. The standard InChI is InChI=1S/C13H26N4O3S/c1-4-5-7-20-8-6-16-21(18,19)13-12(10-15-17-13)9-14-11(2)3/h10-11,14,16H,4-9H2,1-3H3,(H,15,17). The molecule has 8 heteroatoms. The molecule has 0 unspecified atom stereocenters. The Morgan fingerprint density at radius 1 is 1.38 bits per heavy atom. The summed E-state index contributed by atoms with van der Waals surface area (Å²) in [6, 6.07) is 0.273. The quantitative estimate of drug-likeness (QED) is 0.529. The minimum absolute atomic E-state index is 0.115. The van der Waals surface area contributed by atoms with Gasteiger partial charge >= 0.3 is 0 Å². The molecule has 0 aromatic carbocycles. The Kier molecular flexibility index (Phi) is 7.87. The van der Waals surface area contributed by atoms with E-state index >= 15 is 0 Å². The van der Waals surface area contributed by atoms with Crippen LogP contribution in [0.3, 0.4) is 0 Å². The van der Waals surface area contributed by atoms with E-state index in [4.69, 9.17) is 4.74 Å². The Hall–Kier alpha value is -0.960. The summed E-state index contributed by atoms with van der Waals surface area (Å²) < 4.78 is 32.2. The zero-order valence-electron chi connectivity index (χ0n) is 13.0. The first kappa shape index (κ1) is 18.1. The number of rotatable bonds is 11. The van der Waals surface area contributed by atoms with Gasteiger partial charge in [-0.15, -0.1) is 0 Å². The Labute approximate surface area is 126 Å². The minimum Gasteiger partial charge on any atom is -0.380 e. The first-order valence-corrected chi connectivity index (χ1v) is 8.78. The van der Waals surface area contributed by atoms with Crippen molar-refractivity contribution in [2.75, 3.05) is 19.8 Å². The van der Waals surface area contributed by atoms with Crippen molar-refractivity contribution >= 4 is 10.0 Å². The maximum atomic E-state index is 12.2. The van der Waals surface area contributed by atoms with Gasteiger partial charge in [-0.2, -0.15) is 5.10 Å². The topological polar surface area (TPSA) is 96.1 Å². The first-order valence-electron chi connectivity index (χ1n) is 7.30. The molecule has 7 nitrogen and oxygen atoms in total. The van der Waals surface area contributed by atoms with Gasteiger partial charge < -0.3 is 10.1 Å². The largest absolute Gasteiger partial charge is 0.380 e. The van der Waals surface area contributed by atoms with Gasteiger partial charge in [0.25, 0.3) is 10.0 Å². The summed E-state index contributed by atoms with van der Waals surface area (Å²) in [5.41, 5.74) is 0.628. The molecule has 21 heavy (non-hydrogen) atoms. The van der Waals surface area contributed by atoms with Gasteiger partial charge in [0, 0.05) is 31.3 Å². The van der Waals surface area contributed by atoms with Crippen LogP contribution in [0.2, 0.25) is 0 Å². The lowest BCUT2D eigenvalue weighted by Gasteiger charge is -2.10. The van der Waals surface area contributed by atoms with Crippen LogP contribution in [0.15, 0.2) is 11.2 Å². The molecule has 0 bridgehead atoms. The highest BCUT2D eigenvalue weighted by Crippen LogP contribution is 2.11. The Bertz CT molecular complexity index is 499. The second-order valence-corrected chi connectivity index (χ2v) is 6.83. The van der Waals surface area contributed by atoms with E-state index in [1.807, 2.05) is 13.8 Å². The fraction of sp³-hybridized carbons (Fsp3) is 0.769. The summed E-state index contributed by atoms with van der Waals surface area (Å²) >= 11 is 0. The van der Waals surface area contributed by atoms with Crippen molar-refractivity contribution in [2.45, 2.75) is 51.2 Å². The summed E-state index contributed by atoms with van der Waals surface area (Å²) in [4.78, 5) is 0. The van der Waals surface area contributed by atoms with Crippen LogP contribution < -0.4 is 10.0 Å². The van der Waals surface area contributed by atoms with Gasteiger partial charge in [0.1, 0.15) is 0 Å². The molecule has 0 spiro atoms. The van der Waals surface area contributed by atoms with Crippen LogP contribution in [0.1, 0.15) is 39.2 Å². The van der Waals surface area contributed by atoms with Gasteiger partial charge in [0.2, 0.25) is 0 Å². The Morgan fingerprint density at radius 3 is 2.81 bits per heavy atom. The van der Waals surface area contributed by atoms with Crippen LogP contribution in [-0.2, 0) is 21.3 Å². The molecule has 1 heterocycles. The third-order valence-corrected chi connectivity index (χ3v) is 4.30. The molecule has 0 aliphatic rings. The van der Waals surface area contributed by atoms with E-state index in [1.165, 1.54) is 6.20 Å². The molecule has 0 atom stereocenters. The lowest BCUT2D eigenvalue weighted by Crippen LogP contribution is -2.29. The normalized spacial score (nSPS) is 12.2. The van der Waals surface area contributed by atoms with Gasteiger partial charge in [0.15, 0.2) is 5.03 Å². The van der Waals surface area contributed by atoms with E-state index in [1.54, 1.807) is 0 Å². The smallest absolute Gasteiger partial charge is 0.257 e. The number of aromatic amines is 1. The summed E-state index contributed by atoms with van der Waals surface area (Å²) in [6.45, 7) is 7.82. The molecular formula is C13H26N4O3S. The van der Waals surface area contributed by atoms with E-state index in [0.29, 0.717) is 25.3 Å². The van der Waals surface area contributed by atoms with Crippen molar-refractivity contribution in [1.82, 2.24) is 20.2 Å². The lowest BCUT2D eigenvalue weighted by atomic mass is 10.3. The van der Waals surface area contributed by atoms with Crippen LogP contribution in [0.5, 0.6) is 0 Å². The van der Waals surface area contributed by atoms with E-state index in [2.05, 4.69) is 27.2 Å². The summed E-state index contributed by atoms with van der Waals surface area (Å²) in [5.74, 6) is 0. The third-order valence-electron chi connectivity index (χ3n) is 2.83. The van der Waals surface area contributed by atoms with E-state index in [0.717, 1.165) is 12.8 Å². The van der Waals surface area contributed by atoms with Crippen molar-refractivity contribution < 1.29 is 13.2 Å². The second-order valence-electron chi connectivity index (χ2n) is 5.12. The van der Waals surface area contributed by atoms with E-state index in [-0.39, 0.29) is 17.6 Å². The number of nitrogens with zero attached hydrogens (tertiary/aromatic N) is 1. The third kappa shape index (κ3) is 6.56. The van der Waals surface area contributed by atoms with E-state index in [9.17, 15) is 8.42 Å². The first-order chi connectivity index (χ1) is 9.97. The van der Waals surface area contributed by atoms with Crippen molar-refractivity contribution in [3.63, 3.8) is 0 Å². The molecule has 0 aliphatic carbocycles. The Balaban J connectivity index is 2.48.